The fourth-order valence-corrected chi connectivity index (χ4v) is 2.02. The number of hydrogen-bond donors (Lipinski definition) is 3. The van der Waals surface area contributed by atoms with Gasteiger partial charge in [0.2, 0.25) is 5.95 Å². The van der Waals surface area contributed by atoms with Crippen LogP contribution >= 0.6 is 11.6 Å². The predicted molar refractivity (Wildman–Crippen MR) is 86.5 cm³/mol. The zero-order chi connectivity index (χ0) is 15.2. The van der Waals surface area contributed by atoms with E-state index in [0.717, 1.165) is 18.7 Å². The Hall–Kier alpha value is -2.21. The summed E-state index contributed by atoms with van der Waals surface area (Å²) in [6.07, 6.45) is 1.00. The van der Waals surface area contributed by atoms with Gasteiger partial charge in [-0.1, -0.05) is 18.5 Å². The van der Waals surface area contributed by atoms with E-state index in [0.29, 0.717) is 22.4 Å². The lowest BCUT2D eigenvalue weighted by Gasteiger charge is -2.10. The number of anilines is 4. The molecular weight excluding hydrogens is 290 g/mol. The Kier molecular flexibility index (Phi) is 5.05. The van der Waals surface area contributed by atoms with Gasteiger partial charge in [0.1, 0.15) is 17.4 Å². The number of benzene rings is 1. The lowest BCUT2D eigenvalue weighted by Crippen LogP contribution is -2.06. The largest absolute Gasteiger partial charge is 0.495 e. The van der Waals surface area contributed by atoms with Gasteiger partial charge in [-0.05, 0) is 24.6 Å². The van der Waals surface area contributed by atoms with E-state index >= 15 is 0 Å². The van der Waals surface area contributed by atoms with Crippen LogP contribution in [-0.4, -0.2) is 23.6 Å². The van der Waals surface area contributed by atoms with Crippen molar-refractivity contribution in [2.45, 2.75) is 13.3 Å². The van der Waals surface area contributed by atoms with Gasteiger partial charge in [0.25, 0.3) is 0 Å². The first-order valence-electron chi connectivity index (χ1n) is 6.61. The van der Waals surface area contributed by atoms with Gasteiger partial charge in [-0.25, -0.2) is 0 Å². The van der Waals surface area contributed by atoms with E-state index in [2.05, 4.69) is 27.5 Å². The zero-order valence-electron chi connectivity index (χ0n) is 12.0. The summed E-state index contributed by atoms with van der Waals surface area (Å²) in [6, 6.07) is 7.19. The second-order valence-corrected chi connectivity index (χ2v) is 4.80. The maximum absolute atomic E-state index is 6.09. The lowest BCUT2D eigenvalue weighted by atomic mass is 10.3. The zero-order valence-corrected chi connectivity index (χ0v) is 12.7. The summed E-state index contributed by atoms with van der Waals surface area (Å²) < 4.78 is 5.12. The first-order chi connectivity index (χ1) is 10.1. The number of nitrogens with two attached hydrogens (primary N) is 1. The van der Waals surface area contributed by atoms with Crippen molar-refractivity contribution in [1.29, 1.82) is 0 Å². The number of ether oxygens (including phenoxy) is 1. The van der Waals surface area contributed by atoms with E-state index in [-0.39, 0.29) is 5.95 Å². The van der Waals surface area contributed by atoms with Crippen molar-refractivity contribution in [2.75, 3.05) is 30.0 Å². The van der Waals surface area contributed by atoms with Crippen molar-refractivity contribution in [3.8, 4) is 5.75 Å². The van der Waals surface area contributed by atoms with Crippen molar-refractivity contribution in [3.63, 3.8) is 0 Å². The molecule has 0 bridgehead atoms. The van der Waals surface area contributed by atoms with Crippen LogP contribution in [0, 0.1) is 0 Å². The van der Waals surface area contributed by atoms with Gasteiger partial charge in [-0.3, -0.25) is 0 Å². The highest BCUT2D eigenvalue weighted by atomic mass is 35.5. The standard InChI is InChI=1S/C14H18ClN5O/c1-3-6-17-12-8-13(20-14(16)19-12)18-9-4-5-11(21-2)10(15)7-9/h4-5,7-8H,3,6H2,1-2H3,(H4,16,17,18,19,20). The average molecular weight is 308 g/mol. The molecule has 0 saturated heterocycles. The fourth-order valence-electron chi connectivity index (χ4n) is 1.77. The first kappa shape index (κ1) is 15.2. The SMILES string of the molecule is CCCNc1cc(Nc2ccc(OC)c(Cl)c2)nc(N)n1. The number of halogens is 1. The maximum atomic E-state index is 6.09. The highest BCUT2D eigenvalue weighted by molar-refractivity contribution is 6.32. The summed E-state index contributed by atoms with van der Waals surface area (Å²) in [6.45, 7) is 2.90. The minimum Gasteiger partial charge on any atom is -0.495 e. The minimum absolute atomic E-state index is 0.207. The summed E-state index contributed by atoms with van der Waals surface area (Å²) in [4.78, 5) is 8.28. The minimum atomic E-state index is 0.207. The molecule has 0 radical (unpaired) electrons. The van der Waals surface area contributed by atoms with Crippen LogP contribution in [0.3, 0.4) is 0 Å². The number of rotatable bonds is 6. The first-order valence-corrected chi connectivity index (χ1v) is 6.99. The number of hydrogen-bond acceptors (Lipinski definition) is 6. The monoisotopic (exact) mass is 307 g/mol. The molecule has 2 aromatic rings. The molecular formula is C14H18ClN5O. The quantitative estimate of drug-likeness (QED) is 0.759. The van der Waals surface area contributed by atoms with E-state index in [9.17, 15) is 0 Å². The van der Waals surface area contributed by atoms with Gasteiger partial charge in [0.05, 0.1) is 12.1 Å². The highest BCUT2D eigenvalue weighted by Crippen LogP contribution is 2.28. The molecule has 1 heterocycles. The number of nitrogen functional groups attached to an aromatic ring is 1. The second kappa shape index (κ2) is 6.99. The van der Waals surface area contributed by atoms with E-state index in [1.807, 2.05) is 6.07 Å². The third kappa shape index (κ3) is 4.13. The van der Waals surface area contributed by atoms with Crippen LogP contribution in [0.25, 0.3) is 0 Å². The summed E-state index contributed by atoms with van der Waals surface area (Å²) in [5.74, 6) is 2.11. The van der Waals surface area contributed by atoms with Gasteiger partial charge in [-0.15, -0.1) is 0 Å². The van der Waals surface area contributed by atoms with E-state index in [1.54, 1.807) is 25.3 Å². The molecule has 2 rings (SSSR count). The molecule has 0 spiro atoms. The topological polar surface area (TPSA) is 85.1 Å². The Morgan fingerprint density at radius 2 is 2.00 bits per heavy atom. The smallest absolute Gasteiger partial charge is 0.223 e. The molecule has 7 heteroatoms. The van der Waals surface area contributed by atoms with Crippen LogP contribution in [-0.2, 0) is 0 Å². The third-order valence-electron chi connectivity index (χ3n) is 2.72. The molecule has 0 saturated carbocycles. The van der Waals surface area contributed by atoms with E-state index < -0.39 is 0 Å². The number of aromatic nitrogens is 2. The van der Waals surface area contributed by atoms with E-state index in [4.69, 9.17) is 22.1 Å². The number of nitrogens with zero attached hydrogens (tertiary/aromatic N) is 2. The molecule has 0 amide bonds. The molecule has 0 atom stereocenters. The normalized spacial score (nSPS) is 10.2. The number of methoxy groups -OCH3 is 1. The summed E-state index contributed by atoms with van der Waals surface area (Å²) >= 11 is 6.09. The Bertz CT molecular complexity index is 620. The van der Waals surface area contributed by atoms with Gasteiger partial charge in [0, 0.05) is 18.3 Å². The Morgan fingerprint density at radius 3 is 2.67 bits per heavy atom. The molecule has 1 aromatic carbocycles. The molecule has 6 nitrogen and oxygen atoms in total. The van der Waals surface area contributed by atoms with Crippen LogP contribution in [0.4, 0.5) is 23.3 Å². The molecule has 0 fully saturated rings. The molecule has 0 unspecified atom stereocenters. The number of nitrogens with one attached hydrogen (secondary N) is 2. The molecule has 4 N–H and O–H groups in total. The van der Waals surface area contributed by atoms with Crippen molar-refractivity contribution >= 4 is 34.9 Å². The highest BCUT2D eigenvalue weighted by Gasteiger charge is 2.05. The van der Waals surface area contributed by atoms with Crippen molar-refractivity contribution in [1.82, 2.24) is 9.97 Å². The summed E-state index contributed by atoms with van der Waals surface area (Å²) in [5, 5.41) is 6.84. The van der Waals surface area contributed by atoms with Crippen LogP contribution in [0.5, 0.6) is 5.75 Å². The Balaban J connectivity index is 2.18. The van der Waals surface area contributed by atoms with Gasteiger partial charge in [0.15, 0.2) is 0 Å². The summed E-state index contributed by atoms with van der Waals surface area (Å²) in [5.41, 5.74) is 6.50. The second-order valence-electron chi connectivity index (χ2n) is 4.40. The molecule has 0 aliphatic carbocycles. The molecule has 0 aliphatic rings. The third-order valence-corrected chi connectivity index (χ3v) is 3.02. The molecule has 1 aromatic heterocycles. The van der Waals surface area contributed by atoms with Crippen LogP contribution in [0.1, 0.15) is 13.3 Å². The van der Waals surface area contributed by atoms with Crippen LogP contribution in [0.2, 0.25) is 5.02 Å². The fraction of sp³-hybridized carbons (Fsp3) is 0.286. The van der Waals surface area contributed by atoms with Gasteiger partial charge < -0.3 is 21.1 Å². The van der Waals surface area contributed by atoms with Crippen molar-refractivity contribution < 1.29 is 4.74 Å². The Labute approximate surface area is 128 Å². The summed E-state index contributed by atoms with van der Waals surface area (Å²) in [7, 11) is 1.57. The molecule has 0 aliphatic heterocycles. The maximum Gasteiger partial charge on any atom is 0.223 e. The van der Waals surface area contributed by atoms with Crippen molar-refractivity contribution in [2.24, 2.45) is 0 Å². The Morgan fingerprint density at radius 1 is 1.24 bits per heavy atom. The lowest BCUT2D eigenvalue weighted by molar-refractivity contribution is 0.415. The van der Waals surface area contributed by atoms with E-state index in [1.165, 1.54) is 0 Å². The average Bonchev–Trinajstić information content (AvgIpc) is 2.45. The van der Waals surface area contributed by atoms with Crippen LogP contribution < -0.4 is 21.1 Å². The molecule has 112 valence electrons. The van der Waals surface area contributed by atoms with Crippen LogP contribution in [0.15, 0.2) is 24.3 Å². The van der Waals surface area contributed by atoms with Crippen molar-refractivity contribution in [3.05, 3.63) is 29.3 Å². The molecule has 21 heavy (non-hydrogen) atoms. The predicted octanol–water partition coefficient (Wildman–Crippen LogP) is 3.29. The van der Waals surface area contributed by atoms with Gasteiger partial charge >= 0.3 is 0 Å². The van der Waals surface area contributed by atoms with Gasteiger partial charge in [-0.2, -0.15) is 9.97 Å².